The second kappa shape index (κ2) is 2.23. The SMILES string of the molecule is O=S1(=O)c2sccc2-c2ccsc21. The summed E-state index contributed by atoms with van der Waals surface area (Å²) >= 11 is 2.60. The van der Waals surface area contributed by atoms with Gasteiger partial charge in [0.15, 0.2) is 0 Å². The summed E-state index contributed by atoms with van der Waals surface area (Å²) in [5.41, 5.74) is 1.75. The average molecular weight is 228 g/mol. The first-order valence-corrected chi connectivity index (χ1v) is 6.86. The third-order valence-electron chi connectivity index (χ3n) is 2.04. The van der Waals surface area contributed by atoms with Gasteiger partial charge < -0.3 is 0 Å². The van der Waals surface area contributed by atoms with Crippen LogP contribution < -0.4 is 0 Å². The molecule has 0 unspecified atom stereocenters. The van der Waals surface area contributed by atoms with Crippen LogP contribution in [0.2, 0.25) is 0 Å². The number of sulfone groups is 1. The maximum atomic E-state index is 11.8. The summed E-state index contributed by atoms with van der Waals surface area (Å²) in [5.74, 6) is 0. The zero-order valence-corrected chi connectivity index (χ0v) is 8.80. The smallest absolute Gasteiger partial charge is 0.217 e. The van der Waals surface area contributed by atoms with Crippen LogP contribution in [0.1, 0.15) is 0 Å². The van der Waals surface area contributed by atoms with Crippen molar-refractivity contribution >= 4 is 32.5 Å². The van der Waals surface area contributed by atoms with Gasteiger partial charge in [0, 0.05) is 11.1 Å². The molecule has 2 aromatic rings. The van der Waals surface area contributed by atoms with E-state index >= 15 is 0 Å². The molecule has 66 valence electrons. The fraction of sp³-hybridized carbons (Fsp3) is 0. The van der Waals surface area contributed by atoms with Gasteiger partial charge in [-0.1, -0.05) is 0 Å². The molecule has 0 saturated heterocycles. The molecule has 0 bridgehead atoms. The van der Waals surface area contributed by atoms with Crippen LogP contribution in [-0.4, -0.2) is 8.42 Å². The van der Waals surface area contributed by atoms with E-state index in [-0.39, 0.29) is 0 Å². The maximum absolute atomic E-state index is 11.8. The van der Waals surface area contributed by atoms with Crippen LogP contribution >= 0.6 is 22.7 Å². The Kier molecular flexibility index (Phi) is 1.33. The zero-order valence-electron chi connectivity index (χ0n) is 6.35. The molecule has 13 heavy (non-hydrogen) atoms. The van der Waals surface area contributed by atoms with Gasteiger partial charge in [-0.3, -0.25) is 0 Å². The number of thiophene rings is 2. The third kappa shape index (κ3) is 0.794. The Balaban J connectivity index is 2.58. The van der Waals surface area contributed by atoms with Crippen LogP contribution in [0, 0.1) is 0 Å². The van der Waals surface area contributed by atoms with Crippen LogP contribution in [0.3, 0.4) is 0 Å². The quantitative estimate of drug-likeness (QED) is 0.592. The minimum absolute atomic E-state index is 0.509. The van der Waals surface area contributed by atoms with E-state index in [4.69, 9.17) is 0 Å². The molecular formula is C8H4O2S3. The average Bonchev–Trinajstić information content (AvgIpc) is 2.74. The summed E-state index contributed by atoms with van der Waals surface area (Å²) in [5, 5.41) is 3.64. The molecule has 0 N–H and O–H groups in total. The van der Waals surface area contributed by atoms with Crippen molar-refractivity contribution in [3.8, 4) is 11.1 Å². The Hall–Kier alpha value is -0.650. The summed E-state index contributed by atoms with van der Waals surface area (Å²) in [6.07, 6.45) is 0. The highest BCUT2D eigenvalue weighted by molar-refractivity contribution is 7.96. The first kappa shape index (κ1) is 7.73. The lowest BCUT2D eigenvalue weighted by Gasteiger charge is -1.89. The van der Waals surface area contributed by atoms with Crippen molar-refractivity contribution < 1.29 is 8.42 Å². The molecule has 5 heteroatoms. The van der Waals surface area contributed by atoms with E-state index < -0.39 is 9.84 Å². The summed E-state index contributed by atoms with van der Waals surface area (Å²) in [6.45, 7) is 0. The Labute approximate surface area is 83.4 Å². The van der Waals surface area contributed by atoms with Crippen molar-refractivity contribution in [2.45, 2.75) is 8.42 Å². The lowest BCUT2D eigenvalue weighted by atomic mass is 10.2. The van der Waals surface area contributed by atoms with Crippen LogP contribution in [0.5, 0.6) is 0 Å². The van der Waals surface area contributed by atoms with Crippen molar-refractivity contribution in [1.82, 2.24) is 0 Å². The summed E-state index contributed by atoms with van der Waals surface area (Å²) < 4.78 is 24.7. The maximum Gasteiger partial charge on any atom is 0.226 e. The second-order valence-corrected chi connectivity index (χ2v) is 6.92. The van der Waals surface area contributed by atoms with Crippen molar-refractivity contribution in [3.63, 3.8) is 0 Å². The minimum atomic E-state index is -3.14. The molecule has 0 aliphatic carbocycles. The predicted molar refractivity (Wildman–Crippen MR) is 53.1 cm³/mol. The van der Waals surface area contributed by atoms with Gasteiger partial charge in [0.05, 0.1) is 0 Å². The third-order valence-corrected chi connectivity index (χ3v) is 6.76. The minimum Gasteiger partial charge on any atom is -0.217 e. The molecule has 0 atom stereocenters. The van der Waals surface area contributed by atoms with Gasteiger partial charge >= 0.3 is 0 Å². The Morgan fingerprint density at radius 2 is 1.38 bits per heavy atom. The molecule has 3 rings (SSSR count). The summed E-state index contributed by atoms with van der Waals surface area (Å²) in [7, 11) is -3.14. The van der Waals surface area contributed by atoms with Gasteiger partial charge in [0.2, 0.25) is 9.84 Å². The number of rotatable bonds is 0. The molecular weight excluding hydrogens is 224 g/mol. The predicted octanol–water partition coefficient (Wildman–Crippen LogP) is 2.62. The summed E-state index contributed by atoms with van der Waals surface area (Å²) in [6, 6.07) is 3.74. The fourth-order valence-electron chi connectivity index (χ4n) is 1.49. The Bertz CT molecular complexity index is 528. The van der Waals surface area contributed by atoms with E-state index in [1.165, 1.54) is 22.7 Å². The van der Waals surface area contributed by atoms with E-state index in [1.54, 1.807) is 0 Å². The monoisotopic (exact) mass is 228 g/mol. The molecule has 1 aliphatic rings. The summed E-state index contributed by atoms with van der Waals surface area (Å²) in [4.78, 5) is 0. The van der Waals surface area contributed by atoms with Crippen LogP contribution in [0.4, 0.5) is 0 Å². The van der Waals surface area contributed by atoms with Crippen molar-refractivity contribution in [2.24, 2.45) is 0 Å². The lowest BCUT2D eigenvalue weighted by Crippen LogP contribution is -1.90. The highest BCUT2D eigenvalue weighted by Gasteiger charge is 2.35. The number of hydrogen-bond donors (Lipinski definition) is 0. The molecule has 2 aromatic heterocycles. The van der Waals surface area contributed by atoms with E-state index in [0.29, 0.717) is 8.42 Å². The van der Waals surface area contributed by atoms with E-state index in [9.17, 15) is 8.42 Å². The first-order valence-electron chi connectivity index (χ1n) is 3.62. The molecule has 0 saturated carbocycles. The van der Waals surface area contributed by atoms with E-state index in [1.807, 2.05) is 22.9 Å². The van der Waals surface area contributed by atoms with Crippen LogP contribution in [0.25, 0.3) is 11.1 Å². The van der Waals surface area contributed by atoms with Crippen molar-refractivity contribution in [1.29, 1.82) is 0 Å². The van der Waals surface area contributed by atoms with Gasteiger partial charge in [-0.25, -0.2) is 8.42 Å². The molecule has 0 fully saturated rings. The second-order valence-electron chi connectivity index (χ2n) is 2.75. The lowest BCUT2D eigenvalue weighted by molar-refractivity contribution is 0.602. The molecule has 3 heterocycles. The normalized spacial score (nSPS) is 16.9. The van der Waals surface area contributed by atoms with Crippen molar-refractivity contribution in [3.05, 3.63) is 22.9 Å². The van der Waals surface area contributed by atoms with Gasteiger partial charge in [0.1, 0.15) is 8.42 Å². The number of fused-ring (bicyclic) bond motifs is 3. The van der Waals surface area contributed by atoms with Gasteiger partial charge in [-0.05, 0) is 22.9 Å². The fourth-order valence-corrected chi connectivity index (χ4v) is 5.86. The first-order chi connectivity index (χ1) is 6.21. The molecule has 0 radical (unpaired) electrons. The van der Waals surface area contributed by atoms with Crippen LogP contribution in [0.15, 0.2) is 31.3 Å². The highest BCUT2D eigenvalue weighted by atomic mass is 32.3. The van der Waals surface area contributed by atoms with E-state index in [0.717, 1.165) is 11.1 Å². The standard InChI is InChI=1S/C8H4O2S3/c9-13(10)7-5(1-3-11-7)6-2-4-12-8(6)13/h1-4H. The molecule has 0 aromatic carbocycles. The van der Waals surface area contributed by atoms with Crippen LogP contribution in [-0.2, 0) is 9.84 Å². The highest BCUT2D eigenvalue weighted by Crippen LogP contribution is 2.48. The Morgan fingerprint density at radius 3 is 1.85 bits per heavy atom. The zero-order chi connectivity index (χ0) is 9.05. The van der Waals surface area contributed by atoms with Gasteiger partial charge in [-0.15, -0.1) is 22.7 Å². The molecule has 0 amide bonds. The molecule has 2 nitrogen and oxygen atoms in total. The van der Waals surface area contributed by atoms with E-state index in [2.05, 4.69) is 0 Å². The topological polar surface area (TPSA) is 34.1 Å². The van der Waals surface area contributed by atoms with Gasteiger partial charge in [-0.2, -0.15) is 0 Å². The van der Waals surface area contributed by atoms with Crippen molar-refractivity contribution in [2.75, 3.05) is 0 Å². The number of hydrogen-bond acceptors (Lipinski definition) is 4. The molecule has 0 spiro atoms. The molecule has 1 aliphatic heterocycles. The largest absolute Gasteiger partial charge is 0.226 e. The Morgan fingerprint density at radius 1 is 0.923 bits per heavy atom. The van der Waals surface area contributed by atoms with Gasteiger partial charge in [0.25, 0.3) is 0 Å².